The molecule has 0 saturated carbocycles. The topological polar surface area (TPSA) is 124 Å². The Balaban J connectivity index is 1.26. The van der Waals surface area contributed by atoms with Crippen LogP contribution in [0.4, 0.5) is 0 Å². The molecule has 0 aliphatic heterocycles. The average molecular weight is 553 g/mol. The van der Waals surface area contributed by atoms with Gasteiger partial charge in [0.2, 0.25) is 0 Å². The van der Waals surface area contributed by atoms with Gasteiger partial charge in [0.1, 0.15) is 22.1 Å². The van der Waals surface area contributed by atoms with Crippen molar-refractivity contribution in [3.63, 3.8) is 0 Å². The quantitative estimate of drug-likeness (QED) is 0.280. The van der Waals surface area contributed by atoms with Gasteiger partial charge in [-0.1, -0.05) is 60.7 Å². The fourth-order valence-corrected chi connectivity index (χ4v) is 5.28. The van der Waals surface area contributed by atoms with Crippen LogP contribution in [0.25, 0.3) is 22.1 Å². The average Bonchev–Trinajstić information content (AvgIpc) is 3.61. The molecular weight excluding hydrogens is 524 g/mol. The zero-order valence-electron chi connectivity index (χ0n) is 22.7. The highest BCUT2D eigenvalue weighted by Crippen LogP contribution is 2.12. The van der Waals surface area contributed by atoms with Crippen LogP contribution < -0.4 is 22.5 Å². The molecule has 0 saturated heterocycles. The van der Waals surface area contributed by atoms with E-state index in [4.69, 9.17) is 0 Å². The molecule has 12 nitrogen and oxygen atoms in total. The molecule has 2 aromatic carbocycles. The second kappa shape index (κ2) is 10.4. The molecular formula is C29H28N8O4. The van der Waals surface area contributed by atoms with E-state index >= 15 is 0 Å². The zero-order valence-corrected chi connectivity index (χ0v) is 22.7. The molecule has 0 aliphatic carbocycles. The van der Waals surface area contributed by atoms with Crippen LogP contribution in [0, 0.1) is 0 Å². The van der Waals surface area contributed by atoms with Crippen molar-refractivity contribution < 1.29 is 0 Å². The molecule has 0 N–H and O–H groups in total. The molecule has 0 unspecified atom stereocenters. The Hall–Kier alpha value is -5.26. The van der Waals surface area contributed by atoms with E-state index in [0.717, 1.165) is 11.1 Å². The van der Waals surface area contributed by atoms with E-state index in [1.807, 2.05) is 60.7 Å². The number of rotatable bonds is 8. The number of hydrogen-bond acceptors (Lipinski definition) is 6. The first-order valence-corrected chi connectivity index (χ1v) is 13.2. The molecule has 0 aliphatic rings. The summed E-state index contributed by atoms with van der Waals surface area (Å²) in [5.74, 6) is 0. The Morgan fingerprint density at radius 2 is 0.976 bits per heavy atom. The summed E-state index contributed by atoms with van der Waals surface area (Å²) in [6.45, 7) is 1.12. The summed E-state index contributed by atoms with van der Waals surface area (Å²) in [7, 11) is 3.25. The lowest BCUT2D eigenvalue weighted by Crippen LogP contribution is -2.39. The van der Waals surface area contributed by atoms with Crippen molar-refractivity contribution in [3.05, 3.63) is 126 Å². The lowest BCUT2D eigenvalue weighted by Gasteiger charge is -2.12. The molecule has 0 radical (unpaired) electrons. The predicted octanol–water partition coefficient (Wildman–Crippen LogP) is 1.29. The van der Waals surface area contributed by atoms with Gasteiger partial charge in [0, 0.05) is 27.2 Å². The van der Waals surface area contributed by atoms with Gasteiger partial charge in [-0.05, 0) is 17.5 Å². The highest BCUT2D eigenvalue weighted by atomic mass is 16.2. The van der Waals surface area contributed by atoms with Crippen LogP contribution in [0.2, 0.25) is 0 Å². The molecule has 0 spiro atoms. The van der Waals surface area contributed by atoms with Gasteiger partial charge in [-0.25, -0.2) is 19.0 Å². The summed E-state index contributed by atoms with van der Waals surface area (Å²) >= 11 is 0. The third-order valence-corrected chi connectivity index (χ3v) is 7.35. The van der Waals surface area contributed by atoms with Crippen LogP contribution in [0.3, 0.4) is 0 Å². The Labute approximate surface area is 232 Å². The molecule has 0 fully saturated rings. The minimum absolute atomic E-state index is 0.172. The van der Waals surface area contributed by atoms with Crippen LogP contribution in [-0.2, 0) is 40.3 Å². The first-order chi connectivity index (χ1) is 19.8. The minimum atomic E-state index is -0.423. The normalized spacial score (nSPS) is 11.6. The summed E-state index contributed by atoms with van der Waals surface area (Å²) in [4.78, 5) is 52.6. The fourth-order valence-electron chi connectivity index (χ4n) is 5.28. The van der Waals surface area contributed by atoms with E-state index in [1.54, 1.807) is 23.5 Å². The summed E-state index contributed by atoms with van der Waals surface area (Å²) < 4.78 is 8.56. The van der Waals surface area contributed by atoms with Gasteiger partial charge >= 0.3 is 11.4 Å². The van der Waals surface area contributed by atoms with Crippen LogP contribution in [-0.4, -0.2) is 37.8 Å². The van der Waals surface area contributed by atoms with Crippen molar-refractivity contribution in [2.45, 2.75) is 32.6 Å². The van der Waals surface area contributed by atoms with E-state index in [1.165, 1.54) is 30.7 Å². The van der Waals surface area contributed by atoms with Gasteiger partial charge in [0.15, 0.2) is 0 Å². The van der Waals surface area contributed by atoms with Crippen LogP contribution in [0.15, 0.2) is 92.2 Å². The summed E-state index contributed by atoms with van der Waals surface area (Å²) in [5.41, 5.74) is 0.950. The standard InChI is InChI=1S/C29H28N8O4/c1-32-24-22(26(38)34(28(32)40)18-20-10-5-3-6-11-20)16-30-36(24)14-9-15-37-25-23(17-31-37)27(39)35(29(41)33(25)2)19-21-12-7-4-8-13-21/h3-8,10-13,16-17H,9,14-15,18-19H2,1-2H3. The maximum absolute atomic E-state index is 13.2. The molecule has 0 atom stereocenters. The summed E-state index contributed by atoms with van der Waals surface area (Å²) in [5, 5.41) is 9.49. The number of aryl methyl sites for hydroxylation is 4. The molecule has 208 valence electrons. The Bertz CT molecular complexity index is 1980. The van der Waals surface area contributed by atoms with Crippen LogP contribution in [0.1, 0.15) is 17.5 Å². The molecule has 6 aromatic rings. The van der Waals surface area contributed by atoms with Crippen molar-refractivity contribution in [1.29, 1.82) is 0 Å². The molecule has 41 heavy (non-hydrogen) atoms. The van der Waals surface area contributed by atoms with Gasteiger partial charge in [-0.3, -0.25) is 27.9 Å². The summed E-state index contributed by atoms with van der Waals surface area (Å²) in [6.07, 6.45) is 3.50. The number of fused-ring (bicyclic) bond motifs is 2. The maximum Gasteiger partial charge on any atom is 0.332 e. The Kier molecular flexibility index (Phi) is 6.58. The van der Waals surface area contributed by atoms with Crippen LogP contribution >= 0.6 is 0 Å². The smallest absolute Gasteiger partial charge is 0.281 e. The second-order valence-electron chi connectivity index (χ2n) is 10.0. The monoisotopic (exact) mass is 552 g/mol. The van der Waals surface area contributed by atoms with Crippen molar-refractivity contribution >= 4 is 22.1 Å². The van der Waals surface area contributed by atoms with Crippen molar-refractivity contribution in [3.8, 4) is 0 Å². The second-order valence-corrected chi connectivity index (χ2v) is 10.0. The first kappa shape index (κ1) is 26.0. The molecule has 6 rings (SSSR count). The summed E-state index contributed by atoms with van der Waals surface area (Å²) in [6, 6.07) is 18.7. The highest BCUT2D eigenvalue weighted by Gasteiger charge is 2.18. The van der Waals surface area contributed by atoms with E-state index in [-0.39, 0.29) is 13.1 Å². The van der Waals surface area contributed by atoms with Gasteiger partial charge in [0.05, 0.1) is 25.5 Å². The number of hydrogen-bond donors (Lipinski definition) is 0. The van der Waals surface area contributed by atoms with Gasteiger partial charge < -0.3 is 0 Å². The van der Waals surface area contributed by atoms with Gasteiger partial charge in [0.25, 0.3) is 11.1 Å². The number of benzene rings is 2. The lowest BCUT2D eigenvalue weighted by molar-refractivity contribution is 0.503. The van der Waals surface area contributed by atoms with Gasteiger partial charge in [-0.2, -0.15) is 10.2 Å². The fraction of sp³-hybridized carbons (Fsp3) is 0.241. The van der Waals surface area contributed by atoms with Crippen molar-refractivity contribution in [2.75, 3.05) is 0 Å². The highest BCUT2D eigenvalue weighted by molar-refractivity contribution is 5.74. The zero-order chi connectivity index (χ0) is 28.7. The molecule has 0 amide bonds. The maximum atomic E-state index is 13.2. The minimum Gasteiger partial charge on any atom is -0.281 e. The van der Waals surface area contributed by atoms with Gasteiger partial charge in [-0.15, -0.1) is 0 Å². The molecule has 0 bridgehead atoms. The van der Waals surface area contributed by atoms with Crippen molar-refractivity contribution in [2.24, 2.45) is 14.1 Å². The van der Waals surface area contributed by atoms with E-state index < -0.39 is 22.5 Å². The molecule has 12 heteroatoms. The third-order valence-electron chi connectivity index (χ3n) is 7.35. The third kappa shape index (κ3) is 4.52. The van der Waals surface area contributed by atoms with Crippen molar-refractivity contribution in [1.82, 2.24) is 37.8 Å². The molecule has 4 aromatic heterocycles. The van der Waals surface area contributed by atoms with E-state index in [0.29, 0.717) is 41.6 Å². The first-order valence-electron chi connectivity index (χ1n) is 13.2. The largest absolute Gasteiger partial charge is 0.332 e. The number of nitrogens with zero attached hydrogens (tertiary/aromatic N) is 8. The van der Waals surface area contributed by atoms with E-state index in [2.05, 4.69) is 10.2 Å². The van der Waals surface area contributed by atoms with Crippen LogP contribution in [0.5, 0.6) is 0 Å². The Morgan fingerprint density at radius 3 is 1.37 bits per heavy atom. The SMILES string of the molecule is Cn1c(=O)n(Cc2ccccc2)c(=O)c2cnn(CCCn3ncc4c(=O)n(Cc5ccccc5)c(=O)n(C)c43)c21. The lowest BCUT2D eigenvalue weighted by atomic mass is 10.2. The predicted molar refractivity (Wildman–Crippen MR) is 154 cm³/mol. The Morgan fingerprint density at radius 1 is 0.585 bits per heavy atom. The number of aromatic nitrogens is 8. The molecule has 4 heterocycles. The van der Waals surface area contributed by atoms with E-state index in [9.17, 15) is 19.2 Å².